The number of carbonyl (C=O) groups is 1. The Hall–Kier alpha value is -2.96. The zero-order valence-corrected chi connectivity index (χ0v) is 13.4. The van der Waals surface area contributed by atoms with E-state index in [0.29, 0.717) is 36.1 Å². The van der Waals surface area contributed by atoms with Gasteiger partial charge in [-0.3, -0.25) is 4.79 Å². The largest absolute Gasteiger partial charge is 0.459 e. The van der Waals surface area contributed by atoms with Crippen LogP contribution in [0.25, 0.3) is 11.4 Å². The Bertz CT molecular complexity index is 858. The van der Waals surface area contributed by atoms with Crippen LogP contribution in [0, 0.1) is 5.82 Å². The zero-order chi connectivity index (χ0) is 17.2. The molecule has 1 fully saturated rings. The first-order valence-electron chi connectivity index (χ1n) is 8.13. The van der Waals surface area contributed by atoms with Gasteiger partial charge in [-0.15, -0.1) is 0 Å². The molecule has 4 rings (SSSR count). The molecule has 1 aromatic carbocycles. The molecule has 0 spiro atoms. The van der Waals surface area contributed by atoms with Gasteiger partial charge in [0, 0.05) is 18.7 Å². The van der Waals surface area contributed by atoms with Gasteiger partial charge in [0.05, 0.1) is 12.2 Å². The third-order valence-corrected chi connectivity index (χ3v) is 4.33. The summed E-state index contributed by atoms with van der Waals surface area (Å²) >= 11 is 0. The molecule has 0 unspecified atom stereocenters. The molecule has 0 saturated carbocycles. The maximum Gasteiger partial charge on any atom is 0.289 e. The van der Waals surface area contributed by atoms with E-state index in [1.165, 1.54) is 18.4 Å². The Balaban J connectivity index is 1.50. The van der Waals surface area contributed by atoms with E-state index in [9.17, 15) is 9.18 Å². The summed E-state index contributed by atoms with van der Waals surface area (Å²) in [6.45, 7) is 1.18. The minimum Gasteiger partial charge on any atom is -0.459 e. The van der Waals surface area contributed by atoms with Gasteiger partial charge in [0.15, 0.2) is 5.76 Å². The fourth-order valence-electron chi connectivity index (χ4n) is 3.04. The maximum absolute atomic E-state index is 13.0. The summed E-state index contributed by atoms with van der Waals surface area (Å²) < 4.78 is 23.6. The van der Waals surface area contributed by atoms with Crippen molar-refractivity contribution in [3.8, 4) is 11.4 Å². The number of nitrogens with zero attached hydrogens (tertiary/aromatic N) is 3. The molecule has 0 radical (unpaired) electrons. The molecule has 0 N–H and O–H groups in total. The minimum atomic E-state index is -0.313. The van der Waals surface area contributed by atoms with E-state index >= 15 is 0 Å². The van der Waals surface area contributed by atoms with E-state index in [0.717, 1.165) is 12.8 Å². The van der Waals surface area contributed by atoms with Crippen LogP contribution in [0.4, 0.5) is 4.39 Å². The molecule has 1 saturated heterocycles. The minimum absolute atomic E-state index is 0.0191. The van der Waals surface area contributed by atoms with Crippen molar-refractivity contribution in [3.05, 3.63) is 60.1 Å². The van der Waals surface area contributed by atoms with E-state index in [1.807, 2.05) is 0 Å². The molecule has 3 aromatic rings. The van der Waals surface area contributed by atoms with Crippen molar-refractivity contribution in [1.82, 2.24) is 15.0 Å². The van der Waals surface area contributed by atoms with Crippen molar-refractivity contribution in [2.24, 2.45) is 0 Å². The van der Waals surface area contributed by atoms with Gasteiger partial charge in [-0.2, -0.15) is 4.98 Å². The molecule has 0 bridgehead atoms. The van der Waals surface area contributed by atoms with Gasteiger partial charge in [0.2, 0.25) is 11.7 Å². The molecule has 3 heterocycles. The zero-order valence-electron chi connectivity index (χ0n) is 13.4. The molecule has 1 amide bonds. The first-order chi connectivity index (χ1) is 12.2. The van der Waals surface area contributed by atoms with Crippen molar-refractivity contribution in [1.29, 1.82) is 0 Å². The highest BCUT2D eigenvalue weighted by Crippen LogP contribution is 2.28. The predicted octanol–water partition coefficient (Wildman–Crippen LogP) is 3.49. The molecular weight excluding hydrogens is 325 g/mol. The maximum atomic E-state index is 13.0. The molecule has 25 heavy (non-hydrogen) atoms. The quantitative estimate of drug-likeness (QED) is 0.729. The highest BCUT2D eigenvalue weighted by molar-refractivity contribution is 5.91. The number of piperidine rings is 1. The van der Waals surface area contributed by atoms with Crippen LogP contribution in [0.2, 0.25) is 0 Å². The highest BCUT2D eigenvalue weighted by Gasteiger charge is 2.30. The SMILES string of the molecule is O=C(c1ccco1)N1CCC[C@@H](c2nc(-c3ccc(F)cc3)no2)C1. The summed E-state index contributed by atoms with van der Waals surface area (Å²) in [5.41, 5.74) is 0.690. The van der Waals surface area contributed by atoms with Crippen LogP contribution >= 0.6 is 0 Å². The average molecular weight is 341 g/mol. The summed E-state index contributed by atoms with van der Waals surface area (Å²) in [4.78, 5) is 18.6. The summed E-state index contributed by atoms with van der Waals surface area (Å²) in [6, 6.07) is 9.29. The summed E-state index contributed by atoms with van der Waals surface area (Å²) in [5, 5.41) is 3.98. The lowest BCUT2D eigenvalue weighted by Crippen LogP contribution is -2.39. The third-order valence-electron chi connectivity index (χ3n) is 4.33. The molecule has 1 atom stereocenters. The standard InChI is InChI=1S/C18H16FN3O3/c19-14-7-5-12(6-8-14)16-20-17(25-21-16)13-3-1-9-22(11-13)18(23)15-4-2-10-24-15/h2,4-8,10,13H,1,3,9,11H2/t13-/m1/s1. The average Bonchev–Trinajstić information content (AvgIpc) is 3.34. The van der Waals surface area contributed by atoms with Gasteiger partial charge in [-0.25, -0.2) is 4.39 Å². The predicted molar refractivity (Wildman–Crippen MR) is 86.3 cm³/mol. The fourth-order valence-corrected chi connectivity index (χ4v) is 3.04. The topological polar surface area (TPSA) is 72.4 Å². The fraction of sp³-hybridized carbons (Fsp3) is 0.278. The molecule has 128 valence electrons. The number of aromatic nitrogens is 2. The summed E-state index contributed by atoms with van der Waals surface area (Å²) in [6.07, 6.45) is 3.21. The monoisotopic (exact) mass is 341 g/mol. The van der Waals surface area contributed by atoms with Gasteiger partial charge in [0.1, 0.15) is 5.82 Å². The van der Waals surface area contributed by atoms with Crippen molar-refractivity contribution in [2.75, 3.05) is 13.1 Å². The number of rotatable bonds is 3. The van der Waals surface area contributed by atoms with Crippen LogP contribution < -0.4 is 0 Å². The van der Waals surface area contributed by atoms with Crippen LogP contribution in [0.3, 0.4) is 0 Å². The van der Waals surface area contributed by atoms with E-state index in [2.05, 4.69) is 10.1 Å². The lowest BCUT2D eigenvalue weighted by molar-refractivity contribution is 0.0663. The second-order valence-electron chi connectivity index (χ2n) is 6.03. The number of halogens is 1. The molecule has 7 heteroatoms. The third kappa shape index (κ3) is 3.17. The van der Waals surface area contributed by atoms with Gasteiger partial charge in [0.25, 0.3) is 5.91 Å². The van der Waals surface area contributed by atoms with Crippen LogP contribution in [-0.2, 0) is 0 Å². The van der Waals surface area contributed by atoms with Crippen LogP contribution in [0.1, 0.15) is 35.2 Å². The number of hydrogen-bond acceptors (Lipinski definition) is 5. The normalized spacial score (nSPS) is 17.6. The number of furan rings is 1. The lowest BCUT2D eigenvalue weighted by atomic mass is 9.97. The second-order valence-corrected chi connectivity index (χ2v) is 6.03. The molecule has 0 aliphatic carbocycles. The van der Waals surface area contributed by atoms with E-state index in [-0.39, 0.29) is 17.6 Å². The van der Waals surface area contributed by atoms with Crippen molar-refractivity contribution in [2.45, 2.75) is 18.8 Å². The molecule has 6 nitrogen and oxygen atoms in total. The number of hydrogen-bond donors (Lipinski definition) is 0. The number of likely N-dealkylation sites (tertiary alicyclic amines) is 1. The van der Waals surface area contributed by atoms with Crippen LogP contribution in [0.5, 0.6) is 0 Å². The smallest absolute Gasteiger partial charge is 0.289 e. The van der Waals surface area contributed by atoms with Crippen molar-refractivity contribution >= 4 is 5.91 Å². The van der Waals surface area contributed by atoms with Crippen LogP contribution in [0.15, 0.2) is 51.6 Å². The Kier molecular flexibility index (Phi) is 4.05. The Morgan fingerprint density at radius 1 is 1.24 bits per heavy atom. The van der Waals surface area contributed by atoms with E-state index < -0.39 is 0 Å². The summed E-state index contributed by atoms with van der Waals surface area (Å²) in [5.74, 6) is 0.785. The lowest BCUT2D eigenvalue weighted by Gasteiger charge is -2.30. The van der Waals surface area contributed by atoms with E-state index in [1.54, 1.807) is 29.2 Å². The van der Waals surface area contributed by atoms with Crippen molar-refractivity contribution < 1.29 is 18.1 Å². The Morgan fingerprint density at radius 3 is 2.84 bits per heavy atom. The highest BCUT2D eigenvalue weighted by atomic mass is 19.1. The molecule has 1 aliphatic rings. The second kappa shape index (κ2) is 6.51. The number of carbonyl (C=O) groups excluding carboxylic acids is 1. The Labute approximate surface area is 143 Å². The molecular formula is C18H16FN3O3. The Morgan fingerprint density at radius 2 is 2.08 bits per heavy atom. The molecule has 2 aromatic heterocycles. The summed E-state index contributed by atoms with van der Waals surface area (Å²) in [7, 11) is 0. The van der Waals surface area contributed by atoms with Gasteiger partial charge < -0.3 is 13.8 Å². The number of amides is 1. The van der Waals surface area contributed by atoms with Gasteiger partial charge >= 0.3 is 0 Å². The first-order valence-corrected chi connectivity index (χ1v) is 8.13. The van der Waals surface area contributed by atoms with E-state index in [4.69, 9.17) is 8.94 Å². The van der Waals surface area contributed by atoms with Crippen LogP contribution in [-0.4, -0.2) is 34.0 Å². The number of benzene rings is 1. The first kappa shape index (κ1) is 15.6. The van der Waals surface area contributed by atoms with Crippen molar-refractivity contribution in [3.63, 3.8) is 0 Å². The molecule has 1 aliphatic heterocycles. The van der Waals surface area contributed by atoms with Gasteiger partial charge in [-0.1, -0.05) is 5.16 Å². The van der Waals surface area contributed by atoms with Gasteiger partial charge in [-0.05, 0) is 49.2 Å².